The molecular weight excluding hydrogens is 195 g/mol. The lowest BCUT2D eigenvalue weighted by molar-refractivity contribution is 0.275. The molecule has 1 aromatic rings. The summed E-state index contributed by atoms with van der Waals surface area (Å²) in [6.07, 6.45) is 0. The maximum Gasteiger partial charge on any atom is 0.140 e. The van der Waals surface area contributed by atoms with E-state index in [9.17, 15) is 4.39 Å². The van der Waals surface area contributed by atoms with Crippen LogP contribution in [0.1, 0.15) is 12.5 Å². The van der Waals surface area contributed by atoms with Gasteiger partial charge in [0.25, 0.3) is 0 Å². The van der Waals surface area contributed by atoms with Crippen molar-refractivity contribution in [1.29, 1.82) is 0 Å². The largest absolute Gasteiger partial charge is 0.492 e. The number of hydrogen-bond acceptors (Lipinski definition) is 2. The maximum absolute atomic E-state index is 13.1. The van der Waals surface area contributed by atoms with Crippen LogP contribution in [0.3, 0.4) is 0 Å². The van der Waals surface area contributed by atoms with Crippen LogP contribution in [-0.2, 0) is 6.61 Å². The minimum absolute atomic E-state index is 0.174. The van der Waals surface area contributed by atoms with Crippen LogP contribution >= 0.6 is 11.6 Å². The molecule has 0 aliphatic rings. The van der Waals surface area contributed by atoms with E-state index in [-0.39, 0.29) is 12.2 Å². The zero-order valence-corrected chi connectivity index (χ0v) is 7.94. The van der Waals surface area contributed by atoms with Gasteiger partial charge in [0.2, 0.25) is 0 Å². The summed E-state index contributed by atoms with van der Waals surface area (Å²) in [5, 5.41) is 9.04. The third-order valence-corrected chi connectivity index (χ3v) is 1.87. The molecule has 0 saturated carbocycles. The van der Waals surface area contributed by atoms with Crippen molar-refractivity contribution in [2.45, 2.75) is 13.5 Å². The number of benzene rings is 1. The summed E-state index contributed by atoms with van der Waals surface area (Å²) in [5.74, 6) is -0.200. The third kappa shape index (κ3) is 2.32. The van der Waals surface area contributed by atoms with Gasteiger partial charge in [0.1, 0.15) is 11.6 Å². The SMILES string of the molecule is CCOc1cc(F)c(CO)cc1Cl. The summed E-state index contributed by atoms with van der Waals surface area (Å²) in [6.45, 7) is 1.85. The van der Waals surface area contributed by atoms with Crippen molar-refractivity contribution >= 4 is 11.6 Å². The van der Waals surface area contributed by atoms with E-state index < -0.39 is 5.82 Å². The minimum Gasteiger partial charge on any atom is -0.492 e. The summed E-state index contributed by atoms with van der Waals surface area (Å²) in [5.41, 5.74) is 0.174. The standard InChI is InChI=1S/C9H10ClFO2/c1-2-13-9-4-8(11)6(5-12)3-7(9)10/h3-4,12H,2,5H2,1H3. The zero-order valence-electron chi connectivity index (χ0n) is 7.18. The average Bonchev–Trinajstić information content (AvgIpc) is 2.11. The quantitative estimate of drug-likeness (QED) is 0.819. The van der Waals surface area contributed by atoms with Crippen LogP contribution < -0.4 is 4.74 Å². The van der Waals surface area contributed by atoms with E-state index in [1.165, 1.54) is 12.1 Å². The number of aliphatic hydroxyl groups is 1. The molecule has 4 heteroatoms. The zero-order chi connectivity index (χ0) is 9.84. The predicted octanol–water partition coefficient (Wildman–Crippen LogP) is 2.37. The monoisotopic (exact) mass is 204 g/mol. The Bertz CT molecular complexity index is 302. The second-order valence-electron chi connectivity index (χ2n) is 2.47. The Morgan fingerprint density at radius 3 is 2.77 bits per heavy atom. The molecule has 2 nitrogen and oxygen atoms in total. The first-order valence-corrected chi connectivity index (χ1v) is 4.28. The predicted molar refractivity (Wildman–Crippen MR) is 48.5 cm³/mol. The molecule has 0 heterocycles. The van der Waals surface area contributed by atoms with Crippen molar-refractivity contribution in [3.63, 3.8) is 0 Å². The number of rotatable bonds is 3. The first-order valence-electron chi connectivity index (χ1n) is 3.90. The van der Waals surface area contributed by atoms with Gasteiger partial charge in [0, 0.05) is 11.6 Å². The van der Waals surface area contributed by atoms with E-state index >= 15 is 0 Å². The molecule has 0 aromatic heterocycles. The number of ether oxygens (including phenoxy) is 1. The molecule has 0 spiro atoms. The summed E-state index contributed by atoms with van der Waals surface area (Å²) >= 11 is 5.76. The van der Waals surface area contributed by atoms with Gasteiger partial charge in [0.05, 0.1) is 18.2 Å². The molecule has 0 saturated heterocycles. The number of aliphatic hydroxyl groups excluding tert-OH is 1. The van der Waals surface area contributed by atoms with Crippen molar-refractivity contribution in [3.05, 3.63) is 28.5 Å². The van der Waals surface area contributed by atoms with Gasteiger partial charge in [-0.05, 0) is 13.0 Å². The molecule has 0 aliphatic carbocycles. The van der Waals surface area contributed by atoms with Gasteiger partial charge < -0.3 is 9.84 Å². The Hall–Kier alpha value is -0.800. The minimum atomic E-state index is -0.504. The van der Waals surface area contributed by atoms with Crippen molar-refractivity contribution in [3.8, 4) is 5.75 Å². The molecule has 0 bridgehead atoms. The highest BCUT2D eigenvalue weighted by molar-refractivity contribution is 6.32. The highest BCUT2D eigenvalue weighted by Crippen LogP contribution is 2.27. The maximum atomic E-state index is 13.1. The fourth-order valence-corrected chi connectivity index (χ4v) is 1.20. The fraction of sp³-hybridized carbons (Fsp3) is 0.333. The van der Waals surface area contributed by atoms with E-state index in [4.69, 9.17) is 21.4 Å². The molecule has 0 amide bonds. The van der Waals surface area contributed by atoms with Crippen molar-refractivity contribution < 1.29 is 14.2 Å². The van der Waals surface area contributed by atoms with Gasteiger partial charge in [-0.25, -0.2) is 4.39 Å². The second kappa shape index (κ2) is 4.44. The Labute approximate surface area is 80.9 Å². The van der Waals surface area contributed by atoms with Crippen LogP contribution in [0.2, 0.25) is 5.02 Å². The topological polar surface area (TPSA) is 29.5 Å². The van der Waals surface area contributed by atoms with E-state index in [2.05, 4.69) is 0 Å². The molecule has 0 aliphatic heterocycles. The average molecular weight is 205 g/mol. The highest BCUT2D eigenvalue weighted by atomic mass is 35.5. The van der Waals surface area contributed by atoms with Gasteiger partial charge in [-0.2, -0.15) is 0 Å². The fourth-order valence-electron chi connectivity index (χ4n) is 0.957. The second-order valence-corrected chi connectivity index (χ2v) is 2.87. The summed E-state index contributed by atoms with van der Waals surface area (Å²) in [7, 11) is 0. The van der Waals surface area contributed by atoms with Crippen LogP contribution in [0, 0.1) is 5.82 Å². The summed E-state index contributed by atoms with van der Waals surface area (Å²) < 4.78 is 18.1. The Kier molecular flexibility index (Phi) is 3.51. The van der Waals surface area contributed by atoms with Gasteiger partial charge >= 0.3 is 0 Å². The van der Waals surface area contributed by atoms with Crippen LogP contribution in [0.4, 0.5) is 4.39 Å². The highest BCUT2D eigenvalue weighted by Gasteiger charge is 2.08. The van der Waals surface area contributed by atoms with Crippen LogP contribution in [-0.4, -0.2) is 11.7 Å². The van der Waals surface area contributed by atoms with Crippen molar-refractivity contribution in [2.24, 2.45) is 0 Å². The molecule has 72 valence electrons. The lowest BCUT2D eigenvalue weighted by atomic mass is 10.2. The Morgan fingerprint density at radius 1 is 1.54 bits per heavy atom. The van der Waals surface area contributed by atoms with Gasteiger partial charge in [0.15, 0.2) is 0 Å². The first kappa shape index (κ1) is 10.3. The van der Waals surface area contributed by atoms with Crippen LogP contribution in [0.5, 0.6) is 5.75 Å². The summed E-state index contributed by atoms with van der Waals surface area (Å²) in [4.78, 5) is 0. The Balaban J connectivity index is 3.05. The molecule has 0 atom stereocenters. The van der Waals surface area contributed by atoms with Gasteiger partial charge in [-0.3, -0.25) is 0 Å². The van der Waals surface area contributed by atoms with E-state index in [0.29, 0.717) is 17.4 Å². The molecule has 13 heavy (non-hydrogen) atoms. The molecular formula is C9H10ClFO2. The van der Waals surface area contributed by atoms with Crippen molar-refractivity contribution in [2.75, 3.05) is 6.61 Å². The lowest BCUT2D eigenvalue weighted by Gasteiger charge is -2.07. The molecule has 0 fully saturated rings. The molecule has 1 aromatic carbocycles. The van der Waals surface area contributed by atoms with E-state index in [1.54, 1.807) is 6.92 Å². The smallest absolute Gasteiger partial charge is 0.140 e. The van der Waals surface area contributed by atoms with E-state index in [0.717, 1.165) is 0 Å². The normalized spacial score (nSPS) is 10.2. The van der Waals surface area contributed by atoms with Crippen LogP contribution in [0.15, 0.2) is 12.1 Å². The molecule has 0 unspecified atom stereocenters. The van der Waals surface area contributed by atoms with Crippen molar-refractivity contribution in [1.82, 2.24) is 0 Å². The van der Waals surface area contributed by atoms with Gasteiger partial charge in [-0.15, -0.1) is 0 Å². The van der Waals surface area contributed by atoms with E-state index in [1.807, 2.05) is 0 Å². The van der Waals surface area contributed by atoms with Crippen LogP contribution in [0.25, 0.3) is 0 Å². The Morgan fingerprint density at radius 2 is 2.23 bits per heavy atom. The first-order chi connectivity index (χ1) is 6.19. The lowest BCUT2D eigenvalue weighted by Crippen LogP contribution is -1.96. The number of hydrogen-bond donors (Lipinski definition) is 1. The van der Waals surface area contributed by atoms with Gasteiger partial charge in [-0.1, -0.05) is 11.6 Å². The number of halogens is 2. The molecule has 1 N–H and O–H groups in total. The molecule has 0 radical (unpaired) electrons. The third-order valence-electron chi connectivity index (χ3n) is 1.57. The summed E-state index contributed by atoms with van der Waals surface area (Å²) in [6, 6.07) is 2.54. The molecule has 1 rings (SSSR count).